The van der Waals surface area contributed by atoms with Crippen molar-refractivity contribution in [3.8, 4) is 0 Å². The Morgan fingerprint density at radius 2 is 1.71 bits per heavy atom. The van der Waals surface area contributed by atoms with E-state index in [1.807, 2.05) is 4.90 Å². The summed E-state index contributed by atoms with van der Waals surface area (Å²) in [6, 6.07) is -0.594. The van der Waals surface area contributed by atoms with E-state index in [0.29, 0.717) is 44.9 Å². The maximum absolute atomic E-state index is 12.8. The number of imide groups is 1. The Kier molecular flexibility index (Phi) is 7.24. The van der Waals surface area contributed by atoms with E-state index in [4.69, 9.17) is 0 Å². The lowest BCUT2D eigenvalue weighted by atomic mass is 9.77. The van der Waals surface area contributed by atoms with Gasteiger partial charge < -0.3 is 5.32 Å². The molecule has 3 aliphatic rings. The van der Waals surface area contributed by atoms with Gasteiger partial charge in [0.1, 0.15) is 5.54 Å². The zero-order chi connectivity index (χ0) is 22.8. The minimum Gasteiger partial charge on any atom is -0.322 e. The highest BCUT2D eigenvalue weighted by molar-refractivity contribution is 7.86. The second-order valence-electron chi connectivity index (χ2n) is 8.64. The largest absolute Gasteiger partial charge is 0.344 e. The minimum atomic E-state index is -3.50. The third-order valence-corrected chi connectivity index (χ3v) is 8.77. The summed E-state index contributed by atoms with van der Waals surface area (Å²) < 4.78 is 28.1. The van der Waals surface area contributed by atoms with Crippen LogP contribution >= 0.6 is 0 Å². The molecule has 0 radical (unpaired) electrons. The van der Waals surface area contributed by atoms with E-state index in [2.05, 4.69) is 17.7 Å². The SMILES string of the molecule is CCN(CC)S(=O)(=O)N1CCN(CC(=O)NN2C(=O)NC3(CCC(C)CC3)C2=O)CC1. The molecule has 11 nitrogen and oxygen atoms in total. The van der Waals surface area contributed by atoms with Crippen LogP contribution in [0.1, 0.15) is 46.5 Å². The normalized spacial score (nSPS) is 28.4. The first-order valence-corrected chi connectivity index (χ1v) is 12.5. The van der Waals surface area contributed by atoms with Crippen molar-refractivity contribution in [2.75, 3.05) is 45.8 Å². The van der Waals surface area contributed by atoms with Gasteiger partial charge in [-0.1, -0.05) is 20.8 Å². The summed E-state index contributed by atoms with van der Waals surface area (Å²) in [7, 11) is -3.50. The predicted octanol–water partition coefficient (Wildman–Crippen LogP) is -0.277. The molecule has 1 spiro atoms. The molecule has 4 amide bonds. The molecule has 31 heavy (non-hydrogen) atoms. The van der Waals surface area contributed by atoms with Gasteiger partial charge in [0.25, 0.3) is 22.0 Å². The van der Waals surface area contributed by atoms with Crippen molar-refractivity contribution >= 4 is 28.1 Å². The van der Waals surface area contributed by atoms with E-state index < -0.39 is 33.6 Å². The molecule has 2 heterocycles. The number of nitrogens with zero attached hydrogens (tertiary/aromatic N) is 4. The van der Waals surface area contributed by atoms with E-state index in [0.717, 1.165) is 17.9 Å². The molecule has 2 saturated heterocycles. The summed E-state index contributed by atoms with van der Waals surface area (Å²) in [5, 5.41) is 3.58. The van der Waals surface area contributed by atoms with Crippen molar-refractivity contribution in [2.24, 2.45) is 5.92 Å². The standard InChI is InChI=1S/C19H34N6O5S/c1-4-23(5-2)31(29,30)24-12-10-22(11-13-24)14-16(26)21-25-17(27)19(20-18(25)28)8-6-15(3)7-9-19/h15H,4-14H2,1-3H3,(H,20,28)(H,21,26). The zero-order valence-corrected chi connectivity index (χ0v) is 19.4. The number of nitrogens with one attached hydrogen (secondary N) is 2. The number of carbonyl (C=O) groups excluding carboxylic acids is 3. The first-order chi connectivity index (χ1) is 14.6. The molecule has 1 saturated carbocycles. The van der Waals surface area contributed by atoms with Gasteiger partial charge in [-0.25, -0.2) is 4.79 Å². The van der Waals surface area contributed by atoms with Gasteiger partial charge in [0.2, 0.25) is 0 Å². The topological polar surface area (TPSA) is 122 Å². The number of piperazine rings is 1. The van der Waals surface area contributed by atoms with E-state index in [1.165, 1.54) is 8.61 Å². The number of rotatable bonds is 7. The molecule has 2 aliphatic heterocycles. The first kappa shape index (κ1) is 23.9. The van der Waals surface area contributed by atoms with Gasteiger partial charge in [-0.15, -0.1) is 0 Å². The number of amides is 4. The predicted molar refractivity (Wildman–Crippen MR) is 114 cm³/mol. The van der Waals surface area contributed by atoms with E-state index in [-0.39, 0.29) is 19.6 Å². The highest BCUT2D eigenvalue weighted by Gasteiger charge is 2.53. The second kappa shape index (κ2) is 9.39. The summed E-state index contributed by atoms with van der Waals surface area (Å²) in [5.41, 5.74) is 1.54. The monoisotopic (exact) mass is 458 g/mol. The Bertz CT molecular complexity index is 799. The molecule has 1 aliphatic carbocycles. The quantitative estimate of drug-likeness (QED) is 0.506. The van der Waals surface area contributed by atoms with Crippen LogP contribution in [0.2, 0.25) is 0 Å². The molecule has 0 unspecified atom stereocenters. The lowest BCUT2D eigenvalue weighted by molar-refractivity contribution is -0.140. The maximum Gasteiger partial charge on any atom is 0.344 e. The van der Waals surface area contributed by atoms with Gasteiger partial charge in [0.15, 0.2) is 0 Å². The smallest absolute Gasteiger partial charge is 0.322 e. The molecule has 0 aromatic carbocycles. The number of carbonyl (C=O) groups is 3. The van der Waals surface area contributed by atoms with Crippen molar-refractivity contribution in [1.29, 1.82) is 0 Å². The van der Waals surface area contributed by atoms with Gasteiger partial charge in [-0.3, -0.25) is 19.9 Å². The van der Waals surface area contributed by atoms with Crippen molar-refractivity contribution in [1.82, 2.24) is 29.3 Å². The maximum atomic E-state index is 12.8. The van der Waals surface area contributed by atoms with Crippen LogP contribution in [0.4, 0.5) is 4.79 Å². The average Bonchev–Trinajstić information content (AvgIpc) is 2.95. The fourth-order valence-electron chi connectivity index (χ4n) is 4.51. The highest BCUT2D eigenvalue weighted by atomic mass is 32.2. The summed E-state index contributed by atoms with van der Waals surface area (Å²) >= 11 is 0. The van der Waals surface area contributed by atoms with Crippen LogP contribution in [0, 0.1) is 5.92 Å². The Hall–Kier alpha value is -1.76. The molecule has 3 rings (SSSR count). The number of urea groups is 1. The number of hydrazine groups is 1. The molecule has 12 heteroatoms. The van der Waals surface area contributed by atoms with Crippen LogP contribution in [0.5, 0.6) is 0 Å². The first-order valence-electron chi connectivity index (χ1n) is 11.1. The van der Waals surface area contributed by atoms with Crippen LogP contribution in [-0.2, 0) is 19.8 Å². The van der Waals surface area contributed by atoms with Crippen LogP contribution in [0.3, 0.4) is 0 Å². The molecule has 176 valence electrons. The molecular weight excluding hydrogens is 424 g/mol. The number of hydrogen-bond acceptors (Lipinski definition) is 6. The fraction of sp³-hybridized carbons (Fsp3) is 0.842. The van der Waals surface area contributed by atoms with Crippen molar-refractivity contribution in [2.45, 2.75) is 52.0 Å². The third kappa shape index (κ3) is 4.86. The van der Waals surface area contributed by atoms with Crippen molar-refractivity contribution in [3.05, 3.63) is 0 Å². The molecule has 0 atom stereocenters. The van der Waals surface area contributed by atoms with Gasteiger partial charge in [-0.05, 0) is 31.6 Å². The van der Waals surface area contributed by atoms with Gasteiger partial charge in [0, 0.05) is 39.3 Å². The van der Waals surface area contributed by atoms with E-state index in [9.17, 15) is 22.8 Å². The van der Waals surface area contributed by atoms with Crippen LogP contribution < -0.4 is 10.7 Å². The fourth-order valence-corrected chi connectivity index (χ4v) is 6.11. The Morgan fingerprint density at radius 1 is 1.13 bits per heavy atom. The van der Waals surface area contributed by atoms with Crippen LogP contribution in [0.25, 0.3) is 0 Å². The lowest BCUT2D eigenvalue weighted by Crippen LogP contribution is -2.56. The molecule has 0 aromatic rings. The molecule has 2 N–H and O–H groups in total. The van der Waals surface area contributed by atoms with Gasteiger partial charge in [0.05, 0.1) is 6.54 Å². The lowest BCUT2D eigenvalue weighted by Gasteiger charge is -2.36. The minimum absolute atomic E-state index is 0.0136. The van der Waals surface area contributed by atoms with Crippen molar-refractivity contribution in [3.63, 3.8) is 0 Å². The second-order valence-corrected chi connectivity index (χ2v) is 10.6. The van der Waals surface area contributed by atoms with E-state index >= 15 is 0 Å². The Balaban J connectivity index is 1.51. The Morgan fingerprint density at radius 3 is 2.26 bits per heavy atom. The summed E-state index contributed by atoms with van der Waals surface area (Å²) in [6.07, 6.45) is 2.87. The summed E-state index contributed by atoms with van der Waals surface area (Å²) in [4.78, 5) is 39.5. The van der Waals surface area contributed by atoms with E-state index in [1.54, 1.807) is 13.8 Å². The van der Waals surface area contributed by atoms with Gasteiger partial charge >= 0.3 is 6.03 Å². The molecule has 0 bridgehead atoms. The molecule has 3 fully saturated rings. The summed E-state index contributed by atoms with van der Waals surface area (Å²) in [5.74, 6) is -0.346. The molecule has 0 aromatic heterocycles. The summed E-state index contributed by atoms with van der Waals surface area (Å²) in [6.45, 7) is 7.91. The molecular formula is C19H34N6O5S. The average molecular weight is 459 g/mol. The number of hydrogen-bond donors (Lipinski definition) is 2. The Labute approximate surface area is 184 Å². The third-order valence-electron chi connectivity index (χ3n) is 6.58. The van der Waals surface area contributed by atoms with Crippen molar-refractivity contribution < 1.29 is 22.8 Å². The van der Waals surface area contributed by atoms with Crippen LogP contribution in [-0.4, -0.2) is 96.1 Å². The van der Waals surface area contributed by atoms with Gasteiger partial charge in [-0.2, -0.15) is 22.0 Å². The zero-order valence-electron chi connectivity index (χ0n) is 18.6. The highest BCUT2D eigenvalue weighted by Crippen LogP contribution is 2.35. The van der Waals surface area contributed by atoms with Crippen LogP contribution in [0.15, 0.2) is 0 Å².